The summed E-state index contributed by atoms with van der Waals surface area (Å²) in [4.78, 5) is 0. The van der Waals surface area contributed by atoms with E-state index in [0.29, 0.717) is 18.8 Å². The number of ether oxygens (including phenoxy) is 2. The van der Waals surface area contributed by atoms with Gasteiger partial charge in [0.05, 0.1) is 19.8 Å². The smallest absolute Gasteiger partial charge is 0.165 e. The topological polar surface area (TPSA) is 30.5 Å². The second-order valence-corrected chi connectivity index (χ2v) is 5.04. The number of benzene rings is 1. The monoisotopic (exact) mass is 267 g/mol. The lowest BCUT2D eigenvalue weighted by molar-refractivity contribution is 0.0117. The first-order chi connectivity index (χ1) is 9.22. The van der Waals surface area contributed by atoms with Gasteiger partial charge in [-0.05, 0) is 50.4 Å². The normalized spacial score (nSPS) is 23.3. The Kier molecular flexibility index (Phi) is 5.16. The number of halogens is 1. The van der Waals surface area contributed by atoms with Crippen LogP contribution in [-0.2, 0) is 11.3 Å². The molecule has 0 aliphatic heterocycles. The van der Waals surface area contributed by atoms with E-state index in [2.05, 4.69) is 5.32 Å². The first-order valence-corrected chi connectivity index (χ1v) is 6.84. The van der Waals surface area contributed by atoms with Crippen molar-refractivity contribution in [1.29, 1.82) is 0 Å². The molecule has 0 radical (unpaired) electrons. The van der Waals surface area contributed by atoms with Crippen LogP contribution in [0, 0.1) is 5.82 Å². The van der Waals surface area contributed by atoms with Gasteiger partial charge in [0.2, 0.25) is 0 Å². The van der Waals surface area contributed by atoms with Crippen LogP contribution in [0.3, 0.4) is 0 Å². The second-order valence-electron chi connectivity index (χ2n) is 5.04. The molecule has 0 bridgehead atoms. The van der Waals surface area contributed by atoms with Crippen molar-refractivity contribution in [2.24, 2.45) is 0 Å². The van der Waals surface area contributed by atoms with Gasteiger partial charge in [0.1, 0.15) is 0 Å². The molecule has 0 spiro atoms. The molecule has 0 atom stereocenters. The maximum Gasteiger partial charge on any atom is 0.165 e. The zero-order valence-corrected chi connectivity index (χ0v) is 11.6. The van der Waals surface area contributed by atoms with Crippen molar-refractivity contribution in [3.63, 3.8) is 0 Å². The summed E-state index contributed by atoms with van der Waals surface area (Å²) in [5, 5.41) is 3.30. The van der Waals surface area contributed by atoms with E-state index in [0.717, 1.165) is 31.2 Å². The van der Waals surface area contributed by atoms with E-state index in [-0.39, 0.29) is 11.6 Å². The molecular formula is C15H22FNO2. The lowest BCUT2D eigenvalue weighted by Crippen LogP contribution is -2.32. The molecule has 0 aromatic heterocycles. The number of methoxy groups -OCH3 is 1. The lowest BCUT2D eigenvalue weighted by Gasteiger charge is -2.28. The number of nitrogens with one attached hydrogen (secondary N) is 1. The summed E-state index contributed by atoms with van der Waals surface area (Å²) in [6.45, 7) is 0.468. The molecule has 106 valence electrons. The van der Waals surface area contributed by atoms with Crippen LogP contribution in [0.5, 0.6) is 5.75 Å². The molecule has 1 fully saturated rings. The van der Waals surface area contributed by atoms with E-state index in [4.69, 9.17) is 9.47 Å². The minimum atomic E-state index is -0.331. The van der Waals surface area contributed by atoms with Crippen molar-refractivity contribution in [1.82, 2.24) is 5.32 Å². The molecular weight excluding hydrogens is 245 g/mol. The Morgan fingerprint density at radius 2 is 2.00 bits per heavy atom. The third-order valence-electron chi connectivity index (χ3n) is 3.78. The van der Waals surface area contributed by atoms with Crippen molar-refractivity contribution >= 4 is 0 Å². The molecule has 1 aliphatic rings. The predicted octanol–water partition coefficient (Wildman–Crippen LogP) is 2.88. The second kappa shape index (κ2) is 6.87. The highest BCUT2D eigenvalue weighted by atomic mass is 19.1. The summed E-state index contributed by atoms with van der Waals surface area (Å²) in [5.74, 6) is -0.0548. The predicted molar refractivity (Wildman–Crippen MR) is 72.8 cm³/mol. The molecule has 0 unspecified atom stereocenters. The van der Waals surface area contributed by atoms with Gasteiger partial charge in [-0.15, -0.1) is 0 Å². The van der Waals surface area contributed by atoms with Gasteiger partial charge in [-0.1, -0.05) is 6.07 Å². The number of hydrogen-bond donors (Lipinski definition) is 1. The average molecular weight is 267 g/mol. The average Bonchev–Trinajstić information content (AvgIpc) is 2.46. The zero-order chi connectivity index (χ0) is 13.7. The summed E-state index contributed by atoms with van der Waals surface area (Å²) < 4.78 is 24.3. The fourth-order valence-electron chi connectivity index (χ4n) is 2.53. The molecule has 4 heteroatoms. The van der Waals surface area contributed by atoms with Crippen LogP contribution >= 0.6 is 0 Å². The minimum absolute atomic E-state index is 0.276. The quantitative estimate of drug-likeness (QED) is 0.890. The molecule has 2 rings (SSSR count). The first-order valence-electron chi connectivity index (χ1n) is 6.84. The van der Waals surface area contributed by atoms with E-state index < -0.39 is 0 Å². The van der Waals surface area contributed by atoms with Crippen LogP contribution in [0.1, 0.15) is 31.2 Å². The zero-order valence-electron chi connectivity index (χ0n) is 11.6. The van der Waals surface area contributed by atoms with E-state index in [1.165, 1.54) is 13.2 Å². The summed E-state index contributed by atoms with van der Waals surface area (Å²) in [6, 6.07) is 5.60. The van der Waals surface area contributed by atoms with Gasteiger partial charge in [0, 0.05) is 6.04 Å². The Bertz CT molecular complexity index is 403. The molecule has 0 heterocycles. The van der Waals surface area contributed by atoms with Gasteiger partial charge < -0.3 is 14.8 Å². The maximum atomic E-state index is 13.5. The van der Waals surface area contributed by atoms with Crippen LogP contribution in [0.25, 0.3) is 0 Å². The molecule has 19 heavy (non-hydrogen) atoms. The minimum Gasteiger partial charge on any atom is -0.494 e. The maximum absolute atomic E-state index is 13.5. The molecule has 1 aromatic rings. The van der Waals surface area contributed by atoms with Crippen molar-refractivity contribution in [3.05, 3.63) is 29.6 Å². The Morgan fingerprint density at radius 3 is 2.58 bits per heavy atom. The number of hydrogen-bond acceptors (Lipinski definition) is 3. The third kappa shape index (κ3) is 3.91. The van der Waals surface area contributed by atoms with Crippen molar-refractivity contribution in [2.75, 3.05) is 14.2 Å². The molecule has 0 amide bonds. The van der Waals surface area contributed by atoms with E-state index in [9.17, 15) is 4.39 Å². The standard InChI is InChI=1S/C15H22FNO2/c1-17-12-4-6-13(7-5-12)19-10-11-3-8-15(18-2)14(16)9-11/h3,8-9,12-13,17H,4-7,10H2,1-2H3. The largest absolute Gasteiger partial charge is 0.494 e. The van der Waals surface area contributed by atoms with E-state index >= 15 is 0 Å². The Hall–Kier alpha value is -1.13. The van der Waals surface area contributed by atoms with Crippen LogP contribution < -0.4 is 10.1 Å². The van der Waals surface area contributed by atoms with Crippen LogP contribution in [0.15, 0.2) is 18.2 Å². The van der Waals surface area contributed by atoms with Crippen molar-refractivity contribution < 1.29 is 13.9 Å². The molecule has 1 aromatic carbocycles. The highest BCUT2D eigenvalue weighted by Gasteiger charge is 2.20. The third-order valence-corrected chi connectivity index (χ3v) is 3.78. The molecule has 1 saturated carbocycles. The SMILES string of the molecule is CNC1CCC(OCc2ccc(OC)c(F)c2)CC1. The van der Waals surface area contributed by atoms with Crippen LogP contribution in [0.4, 0.5) is 4.39 Å². The Morgan fingerprint density at radius 1 is 1.26 bits per heavy atom. The molecule has 0 saturated heterocycles. The summed E-state index contributed by atoms with van der Waals surface area (Å²) in [5.41, 5.74) is 0.856. The molecule has 1 aliphatic carbocycles. The van der Waals surface area contributed by atoms with Gasteiger partial charge in [0.25, 0.3) is 0 Å². The first kappa shape index (κ1) is 14.3. The summed E-state index contributed by atoms with van der Waals surface area (Å²) >= 11 is 0. The fraction of sp³-hybridized carbons (Fsp3) is 0.600. The van der Waals surface area contributed by atoms with Gasteiger partial charge in [-0.25, -0.2) is 4.39 Å². The van der Waals surface area contributed by atoms with E-state index in [1.54, 1.807) is 6.07 Å². The van der Waals surface area contributed by atoms with Crippen LogP contribution in [-0.4, -0.2) is 26.3 Å². The highest BCUT2D eigenvalue weighted by molar-refractivity contribution is 5.28. The van der Waals surface area contributed by atoms with Crippen molar-refractivity contribution in [3.8, 4) is 5.75 Å². The van der Waals surface area contributed by atoms with Gasteiger partial charge in [-0.3, -0.25) is 0 Å². The Labute approximate surface area is 114 Å². The van der Waals surface area contributed by atoms with Crippen LogP contribution in [0.2, 0.25) is 0 Å². The van der Waals surface area contributed by atoms with Gasteiger partial charge >= 0.3 is 0 Å². The lowest BCUT2D eigenvalue weighted by atomic mass is 9.93. The highest BCUT2D eigenvalue weighted by Crippen LogP contribution is 2.23. The van der Waals surface area contributed by atoms with E-state index in [1.807, 2.05) is 13.1 Å². The fourth-order valence-corrected chi connectivity index (χ4v) is 2.53. The van der Waals surface area contributed by atoms with Crippen molar-refractivity contribution in [2.45, 2.75) is 44.4 Å². The van der Waals surface area contributed by atoms with Gasteiger partial charge in [0.15, 0.2) is 11.6 Å². The Balaban J connectivity index is 1.81. The number of rotatable bonds is 5. The molecule has 1 N–H and O–H groups in total. The summed E-state index contributed by atoms with van der Waals surface area (Å²) in [6.07, 6.45) is 4.75. The molecule has 3 nitrogen and oxygen atoms in total. The summed E-state index contributed by atoms with van der Waals surface area (Å²) in [7, 11) is 3.47. The van der Waals surface area contributed by atoms with Gasteiger partial charge in [-0.2, -0.15) is 0 Å².